The van der Waals surface area contributed by atoms with E-state index in [1.165, 1.54) is 23.1 Å². The van der Waals surface area contributed by atoms with Gasteiger partial charge in [-0.1, -0.05) is 70.5 Å². The van der Waals surface area contributed by atoms with Gasteiger partial charge in [-0.3, -0.25) is 13.9 Å². The summed E-state index contributed by atoms with van der Waals surface area (Å²) >= 11 is 15.6. The van der Waals surface area contributed by atoms with Gasteiger partial charge in [0.25, 0.3) is 0 Å². The molecule has 1 N–H and O–H groups in total. The largest absolute Gasteiger partial charge is 0.352 e. The number of nitrogens with zero attached hydrogens (tertiary/aromatic N) is 2. The Hall–Kier alpha value is -1.81. The molecule has 1 aliphatic carbocycles. The highest BCUT2D eigenvalue weighted by molar-refractivity contribution is 9.10. The minimum atomic E-state index is -3.87. The zero-order valence-corrected chi connectivity index (χ0v) is 24.1. The number of rotatable bonds is 9. The molecule has 1 saturated carbocycles. The fourth-order valence-electron chi connectivity index (χ4n) is 4.28. The predicted molar refractivity (Wildman–Crippen MR) is 148 cm³/mol. The van der Waals surface area contributed by atoms with Crippen LogP contribution in [-0.2, 0) is 26.2 Å². The Balaban J connectivity index is 1.89. The molecule has 0 radical (unpaired) electrons. The summed E-state index contributed by atoms with van der Waals surface area (Å²) in [5.41, 5.74) is 0.969. The van der Waals surface area contributed by atoms with Crippen molar-refractivity contribution in [3.8, 4) is 0 Å². The summed E-state index contributed by atoms with van der Waals surface area (Å²) in [5.74, 6) is -0.787. The van der Waals surface area contributed by atoms with Crippen LogP contribution >= 0.6 is 39.1 Å². The van der Waals surface area contributed by atoms with E-state index in [1.54, 1.807) is 6.92 Å². The maximum atomic E-state index is 13.6. The molecule has 0 spiro atoms. The highest BCUT2D eigenvalue weighted by Crippen LogP contribution is 2.27. The van der Waals surface area contributed by atoms with Crippen LogP contribution in [0, 0.1) is 0 Å². The van der Waals surface area contributed by atoms with Gasteiger partial charge in [-0.25, -0.2) is 8.42 Å². The Morgan fingerprint density at radius 2 is 1.72 bits per heavy atom. The molecule has 2 aromatic carbocycles. The number of sulfonamides is 1. The smallest absolute Gasteiger partial charge is 0.244 e. The van der Waals surface area contributed by atoms with Gasteiger partial charge in [-0.15, -0.1) is 0 Å². The van der Waals surface area contributed by atoms with Crippen LogP contribution < -0.4 is 9.62 Å². The molecular formula is C25H30BrCl2N3O4S. The van der Waals surface area contributed by atoms with Crippen molar-refractivity contribution in [2.45, 2.75) is 57.7 Å². The average Bonchev–Trinajstić information content (AvgIpc) is 2.79. The first kappa shape index (κ1) is 28.8. The zero-order chi connectivity index (χ0) is 26.5. The van der Waals surface area contributed by atoms with Crippen LogP contribution in [0.2, 0.25) is 10.0 Å². The summed E-state index contributed by atoms with van der Waals surface area (Å²) < 4.78 is 27.1. The highest BCUT2D eigenvalue weighted by Gasteiger charge is 2.31. The number of amides is 2. The summed E-state index contributed by atoms with van der Waals surface area (Å²) in [7, 11) is -3.87. The molecule has 11 heteroatoms. The summed E-state index contributed by atoms with van der Waals surface area (Å²) in [5, 5.41) is 3.55. The van der Waals surface area contributed by atoms with E-state index < -0.39 is 28.5 Å². The van der Waals surface area contributed by atoms with E-state index in [0.717, 1.165) is 52.7 Å². The zero-order valence-electron chi connectivity index (χ0n) is 20.2. The number of halogens is 3. The van der Waals surface area contributed by atoms with Gasteiger partial charge in [0.2, 0.25) is 21.8 Å². The minimum Gasteiger partial charge on any atom is -0.352 e. The predicted octanol–water partition coefficient (Wildman–Crippen LogP) is 5.39. The van der Waals surface area contributed by atoms with Gasteiger partial charge in [-0.05, 0) is 55.7 Å². The minimum absolute atomic E-state index is 0.0812. The molecule has 2 aromatic rings. The van der Waals surface area contributed by atoms with Gasteiger partial charge >= 0.3 is 0 Å². The number of nitrogens with one attached hydrogen (secondary N) is 1. The number of benzene rings is 2. The lowest BCUT2D eigenvalue weighted by Gasteiger charge is -2.33. The van der Waals surface area contributed by atoms with E-state index in [4.69, 9.17) is 23.2 Å². The molecule has 0 heterocycles. The SMILES string of the molecule is CC(C(=O)NC1CCCCC1)N(Cc1cccc(Br)c1)C(=O)CN(c1cc(Cl)cc(Cl)c1)S(C)(=O)=O. The van der Waals surface area contributed by atoms with Crippen molar-refractivity contribution in [1.82, 2.24) is 10.2 Å². The molecule has 196 valence electrons. The molecule has 0 saturated heterocycles. The molecule has 2 amide bonds. The number of carbonyl (C=O) groups excluding carboxylic acids is 2. The van der Waals surface area contributed by atoms with E-state index in [0.29, 0.717) is 0 Å². The molecule has 1 aliphatic rings. The Kier molecular flexibility index (Phi) is 10.1. The first-order valence-corrected chi connectivity index (χ1v) is 15.1. The second-order valence-corrected chi connectivity index (χ2v) is 12.8. The second-order valence-electron chi connectivity index (χ2n) is 9.07. The molecule has 7 nitrogen and oxygen atoms in total. The van der Waals surface area contributed by atoms with Crippen molar-refractivity contribution in [2.75, 3.05) is 17.1 Å². The van der Waals surface area contributed by atoms with Crippen molar-refractivity contribution in [1.29, 1.82) is 0 Å². The van der Waals surface area contributed by atoms with Gasteiger partial charge in [-0.2, -0.15) is 0 Å². The van der Waals surface area contributed by atoms with Crippen molar-refractivity contribution in [2.24, 2.45) is 0 Å². The standard InChI is InChI=1S/C25H30BrCl2N3O4S/c1-17(25(33)29-22-9-4-3-5-10-22)30(15-18-7-6-8-19(26)11-18)24(32)16-31(36(2,34)35)23-13-20(27)12-21(28)14-23/h6-8,11-14,17,22H,3-5,9-10,15-16H2,1-2H3,(H,29,33). The molecule has 0 aliphatic heterocycles. The lowest BCUT2D eigenvalue weighted by Crippen LogP contribution is -2.52. The first-order valence-electron chi connectivity index (χ1n) is 11.7. The summed E-state index contributed by atoms with van der Waals surface area (Å²) in [6.07, 6.45) is 6.11. The Bertz CT molecular complexity index is 1190. The van der Waals surface area contributed by atoms with Crippen LogP contribution in [0.3, 0.4) is 0 Å². The van der Waals surface area contributed by atoms with Gasteiger partial charge in [0.15, 0.2) is 0 Å². The topological polar surface area (TPSA) is 86.8 Å². The number of carbonyl (C=O) groups is 2. The lowest BCUT2D eigenvalue weighted by atomic mass is 9.95. The van der Waals surface area contributed by atoms with E-state index in [-0.39, 0.29) is 34.2 Å². The third-order valence-electron chi connectivity index (χ3n) is 6.18. The first-order chi connectivity index (χ1) is 16.9. The van der Waals surface area contributed by atoms with E-state index >= 15 is 0 Å². The van der Waals surface area contributed by atoms with E-state index in [2.05, 4.69) is 21.2 Å². The number of hydrogen-bond donors (Lipinski definition) is 1. The molecular weight excluding hydrogens is 589 g/mol. The molecule has 1 unspecified atom stereocenters. The maximum absolute atomic E-state index is 13.6. The third kappa shape index (κ3) is 8.10. The van der Waals surface area contributed by atoms with Gasteiger partial charge < -0.3 is 10.2 Å². The molecule has 36 heavy (non-hydrogen) atoms. The fourth-order valence-corrected chi connectivity index (χ4v) is 6.07. The monoisotopic (exact) mass is 617 g/mol. The van der Waals surface area contributed by atoms with Crippen molar-refractivity contribution in [3.63, 3.8) is 0 Å². The quantitative estimate of drug-likeness (QED) is 0.408. The summed E-state index contributed by atoms with van der Waals surface area (Å²) in [6.45, 7) is 1.28. The van der Waals surface area contributed by atoms with Crippen molar-refractivity contribution in [3.05, 3.63) is 62.5 Å². The number of hydrogen-bond acceptors (Lipinski definition) is 4. The fraction of sp³-hybridized carbons (Fsp3) is 0.440. The number of anilines is 1. The lowest BCUT2D eigenvalue weighted by molar-refractivity contribution is -0.139. The second kappa shape index (κ2) is 12.6. The van der Waals surface area contributed by atoms with E-state index in [1.807, 2.05) is 24.3 Å². The molecule has 0 bridgehead atoms. The summed E-state index contributed by atoms with van der Waals surface area (Å²) in [6, 6.07) is 11.0. The normalized spacial score (nSPS) is 15.2. The Morgan fingerprint density at radius 3 is 2.31 bits per heavy atom. The summed E-state index contributed by atoms with van der Waals surface area (Å²) in [4.78, 5) is 28.2. The van der Waals surface area contributed by atoms with Crippen LogP contribution in [0.1, 0.15) is 44.6 Å². The van der Waals surface area contributed by atoms with Crippen LogP contribution in [-0.4, -0.2) is 50.0 Å². The Morgan fingerprint density at radius 1 is 1.08 bits per heavy atom. The molecule has 0 aromatic heterocycles. The highest BCUT2D eigenvalue weighted by atomic mass is 79.9. The Labute approximate surface area is 231 Å². The van der Waals surface area contributed by atoms with E-state index in [9.17, 15) is 18.0 Å². The van der Waals surface area contributed by atoms with Gasteiger partial charge in [0.1, 0.15) is 12.6 Å². The van der Waals surface area contributed by atoms with Gasteiger partial charge in [0, 0.05) is 27.1 Å². The third-order valence-corrected chi connectivity index (χ3v) is 8.25. The van der Waals surface area contributed by atoms with Crippen LogP contribution in [0.4, 0.5) is 5.69 Å². The van der Waals surface area contributed by atoms with Crippen molar-refractivity contribution < 1.29 is 18.0 Å². The van der Waals surface area contributed by atoms with Crippen LogP contribution in [0.25, 0.3) is 0 Å². The van der Waals surface area contributed by atoms with Crippen LogP contribution in [0.5, 0.6) is 0 Å². The van der Waals surface area contributed by atoms with Crippen LogP contribution in [0.15, 0.2) is 46.9 Å². The van der Waals surface area contributed by atoms with Gasteiger partial charge in [0.05, 0.1) is 11.9 Å². The average molecular weight is 619 g/mol. The maximum Gasteiger partial charge on any atom is 0.244 e. The molecule has 1 atom stereocenters. The molecule has 1 fully saturated rings. The van der Waals surface area contributed by atoms with Crippen molar-refractivity contribution >= 4 is 66.7 Å². The molecule has 3 rings (SSSR count).